The maximum Gasteiger partial charge on any atom is 0.258 e. The number of hydrogen-bond donors (Lipinski definition) is 0. The van der Waals surface area contributed by atoms with Crippen LogP contribution in [-0.2, 0) is 6.42 Å². The van der Waals surface area contributed by atoms with Crippen molar-refractivity contribution in [3.63, 3.8) is 0 Å². The molecule has 0 saturated carbocycles. The maximum absolute atomic E-state index is 13.4. The van der Waals surface area contributed by atoms with Gasteiger partial charge in [0.05, 0.1) is 0 Å². The van der Waals surface area contributed by atoms with Crippen LogP contribution >= 0.6 is 0 Å². The average Bonchev–Trinajstić information content (AvgIpc) is 2.67. The highest BCUT2D eigenvalue weighted by atomic mass is 16.2. The van der Waals surface area contributed by atoms with Gasteiger partial charge in [-0.1, -0.05) is 60.7 Å². The second kappa shape index (κ2) is 6.56. The quantitative estimate of drug-likeness (QED) is 0.629. The van der Waals surface area contributed by atoms with Crippen molar-refractivity contribution in [1.29, 1.82) is 0 Å². The first-order valence-corrected chi connectivity index (χ1v) is 8.80. The lowest BCUT2D eigenvalue weighted by Crippen LogP contribution is -2.35. The molecule has 1 amide bonds. The van der Waals surface area contributed by atoms with Gasteiger partial charge in [-0.05, 0) is 54.2 Å². The van der Waals surface area contributed by atoms with Crippen molar-refractivity contribution in [3.05, 3.63) is 89.5 Å². The van der Waals surface area contributed by atoms with Crippen LogP contribution in [0.25, 0.3) is 11.1 Å². The molecule has 25 heavy (non-hydrogen) atoms. The maximum atomic E-state index is 13.4. The zero-order chi connectivity index (χ0) is 17.2. The Labute approximate surface area is 148 Å². The van der Waals surface area contributed by atoms with Crippen LogP contribution < -0.4 is 4.90 Å². The molecule has 0 aromatic heterocycles. The Balaban J connectivity index is 1.78. The molecule has 1 aliphatic heterocycles. The van der Waals surface area contributed by atoms with Crippen LogP contribution in [0.15, 0.2) is 72.8 Å². The van der Waals surface area contributed by atoms with Crippen molar-refractivity contribution in [2.45, 2.75) is 19.8 Å². The molecule has 124 valence electrons. The minimum Gasteiger partial charge on any atom is -0.308 e. The number of anilines is 1. The molecule has 2 nitrogen and oxygen atoms in total. The van der Waals surface area contributed by atoms with E-state index in [0.717, 1.165) is 41.8 Å². The van der Waals surface area contributed by atoms with Gasteiger partial charge in [-0.15, -0.1) is 0 Å². The van der Waals surface area contributed by atoms with E-state index < -0.39 is 0 Å². The van der Waals surface area contributed by atoms with Gasteiger partial charge in [0.1, 0.15) is 0 Å². The van der Waals surface area contributed by atoms with Crippen LogP contribution in [0.2, 0.25) is 0 Å². The van der Waals surface area contributed by atoms with Crippen molar-refractivity contribution in [3.8, 4) is 11.1 Å². The molecule has 0 fully saturated rings. The van der Waals surface area contributed by atoms with Gasteiger partial charge < -0.3 is 4.90 Å². The summed E-state index contributed by atoms with van der Waals surface area (Å²) in [4.78, 5) is 15.3. The molecule has 4 rings (SSSR count). The third-order valence-electron chi connectivity index (χ3n) is 4.85. The van der Waals surface area contributed by atoms with Gasteiger partial charge in [0, 0.05) is 17.8 Å². The van der Waals surface area contributed by atoms with Gasteiger partial charge in [0.2, 0.25) is 0 Å². The van der Waals surface area contributed by atoms with E-state index in [-0.39, 0.29) is 5.91 Å². The van der Waals surface area contributed by atoms with Gasteiger partial charge in [-0.25, -0.2) is 0 Å². The highest BCUT2D eigenvalue weighted by molar-refractivity contribution is 6.10. The van der Waals surface area contributed by atoms with E-state index in [1.54, 1.807) is 0 Å². The lowest BCUT2D eigenvalue weighted by molar-refractivity contribution is 0.0985. The van der Waals surface area contributed by atoms with Crippen LogP contribution in [0.3, 0.4) is 0 Å². The standard InChI is InChI=1S/C23H21NO/c1-17-13-14-19-10-7-15-24(22(19)16-17)23(25)21-12-6-5-11-20(21)18-8-3-2-4-9-18/h2-6,8-9,11-14,16H,7,10,15H2,1H3. The summed E-state index contributed by atoms with van der Waals surface area (Å²) in [5.74, 6) is 0.0889. The summed E-state index contributed by atoms with van der Waals surface area (Å²) >= 11 is 0. The monoisotopic (exact) mass is 327 g/mol. The van der Waals surface area contributed by atoms with Crippen LogP contribution in [0.1, 0.15) is 27.9 Å². The summed E-state index contributed by atoms with van der Waals surface area (Å²) in [6.45, 7) is 2.86. The van der Waals surface area contributed by atoms with Crippen LogP contribution in [0.5, 0.6) is 0 Å². The summed E-state index contributed by atoms with van der Waals surface area (Å²) < 4.78 is 0. The number of rotatable bonds is 2. The van der Waals surface area contributed by atoms with Gasteiger partial charge >= 0.3 is 0 Å². The van der Waals surface area contributed by atoms with Gasteiger partial charge in [0.25, 0.3) is 5.91 Å². The topological polar surface area (TPSA) is 20.3 Å². The molecule has 0 bridgehead atoms. The van der Waals surface area contributed by atoms with Crippen molar-refractivity contribution < 1.29 is 4.79 Å². The van der Waals surface area contributed by atoms with E-state index >= 15 is 0 Å². The number of fused-ring (bicyclic) bond motifs is 1. The largest absolute Gasteiger partial charge is 0.308 e. The molecular formula is C23H21NO. The predicted molar refractivity (Wildman–Crippen MR) is 103 cm³/mol. The third kappa shape index (κ3) is 2.96. The number of hydrogen-bond acceptors (Lipinski definition) is 1. The molecule has 1 aliphatic rings. The summed E-state index contributed by atoms with van der Waals surface area (Å²) in [6, 6.07) is 24.5. The highest BCUT2D eigenvalue weighted by Crippen LogP contribution is 2.32. The summed E-state index contributed by atoms with van der Waals surface area (Å²) in [5, 5.41) is 0. The second-order valence-corrected chi connectivity index (χ2v) is 6.60. The summed E-state index contributed by atoms with van der Waals surface area (Å²) in [7, 11) is 0. The Morgan fingerprint density at radius 1 is 0.920 bits per heavy atom. The molecule has 0 unspecified atom stereocenters. The van der Waals surface area contributed by atoms with Crippen molar-refractivity contribution in [2.24, 2.45) is 0 Å². The van der Waals surface area contributed by atoms with E-state index in [1.807, 2.05) is 47.4 Å². The lowest BCUT2D eigenvalue weighted by atomic mass is 9.96. The number of amides is 1. The van der Waals surface area contributed by atoms with E-state index in [1.165, 1.54) is 11.1 Å². The summed E-state index contributed by atoms with van der Waals surface area (Å²) in [5.41, 5.74) is 6.36. The fourth-order valence-corrected chi connectivity index (χ4v) is 3.58. The first-order valence-electron chi connectivity index (χ1n) is 8.80. The van der Waals surface area contributed by atoms with E-state index in [2.05, 4.69) is 37.3 Å². The molecule has 0 spiro atoms. The Hall–Kier alpha value is -2.87. The lowest BCUT2D eigenvalue weighted by Gasteiger charge is -2.30. The molecule has 3 aromatic carbocycles. The Morgan fingerprint density at radius 2 is 1.68 bits per heavy atom. The molecule has 3 aromatic rings. The Morgan fingerprint density at radius 3 is 2.52 bits per heavy atom. The van der Waals surface area contributed by atoms with E-state index in [4.69, 9.17) is 0 Å². The van der Waals surface area contributed by atoms with E-state index in [9.17, 15) is 4.79 Å². The number of aryl methyl sites for hydroxylation is 2. The molecule has 0 N–H and O–H groups in total. The van der Waals surface area contributed by atoms with Gasteiger partial charge in [-0.3, -0.25) is 4.79 Å². The molecule has 1 heterocycles. The third-order valence-corrected chi connectivity index (χ3v) is 4.85. The number of benzene rings is 3. The molecule has 0 atom stereocenters. The normalized spacial score (nSPS) is 13.4. The summed E-state index contributed by atoms with van der Waals surface area (Å²) in [6.07, 6.45) is 2.05. The minimum atomic E-state index is 0.0889. The highest BCUT2D eigenvalue weighted by Gasteiger charge is 2.25. The molecular weight excluding hydrogens is 306 g/mol. The van der Waals surface area contributed by atoms with Gasteiger partial charge in [-0.2, -0.15) is 0 Å². The molecule has 0 radical (unpaired) electrons. The van der Waals surface area contributed by atoms with Crippen molar-refractivity contribution in [2.75, 3.05) is 11.4 Å². The smallest absolute Gasteiger partial charge is 0.258 e. The van der Waals surface area contributed by atoms with E-state index in [0.29, 0.717) is 0 Å². The molecule has 2 heteroatoms. The molecule has 0 saturated heterocycles. The van der Waals surface area contributed by atoms with Crippen LogP contribution in [-0.4, -0.2) is 12.5 Å². The molecule has 0 aliphatic carbocycles. The van der Waals surface area contributed by atoms with Crippen molar-refractivity contribution >= 4 is 11.6 Å². The minimum absolute atomic E-state index is 0.0889. The predicted octanol–water partition coefficient (Wildman–Crippen LogP) is 5.26. The number of nitrogens with zero attached hydrogens (tertiary/aromatic N) is 1. The first-order chi connectivity index (χ1) is 12.2. The fraction of sp³-hybridized carbons (Fsp3) is 0.174. The fourth-order valence-electron chi connectivity index (χ4n) is 3.58. The zero-order valence-corrected chi connectivity index (χ0v) is 14.4. The van der Waals surface area contributed by atoms with Crippen LogP contribution in [0.4, 0.5) is 5.69 Å². The number of carbonyl (C=O) groups excluding carboxylic acids is 1. The number of carbonyl (C=O) groups is 1. The first kappa shape index (κ1) is 15.6. The van der Waals surface area contributed by atoms with Gasteiger partial charge in [0.15, 0.2) is 0 Å². The average molecular weight is 327 g/mol. The SMILES string of the molecule is Cc1ccc2c(c1)N(C(=O)c1ccccc1-c1ccccc1)CCC2. The van der Waals surface area contributed by atoms with Crippen molar-refractivity contribution in [1.82, 2.24) is 0 Å². The zero-order valence-electron chi connectivity index (χ0n) is 14.4. The Kier molecular flexibility index (Phi) is 4.10. The van der Waals surface area contributed by atoms with Crippen LogP contribution in [0, 0.1) is 6.92 Å². The Bertz CT molecular complexity index is 914. The second-order valence-electron chi connectivity index (χ2n) is 6.60.